The van der Waals surface area contributed by atoms with Gasteiger partial charge in [-0.3, -0.25) is 0 Å². The number of hydrogen-bond donors (Lipinski definition) is 0. The Morgan fingerprint density at radius 2 is 0.816 bits per heavy atom. The van der Waals surface area contributed by atoms with E-state index in [-0.39, 0.29) is 11.1 Å². The van der Waals surface area contributed by atoms with E-state index in [1.165, 1.54) is 0 Å². The fourth-order valence-electron chi connectivity index (χ4n) is 3.98. The van der Waals surface area contributed by atoms with Crippen molar-refractivity contribution in [1.82, 2.24) is 0 Å². The summed E-state index contributed by atoms with van der Waals surface area (Å²) in [7, 11) is -1.84. The third-order valence-electron chi connectivity index (χ3n) is 7.47. The van der Waals surface area contributed by atoms with Crippen LogP contribution in [0.4, 0.5) is 0 Å². The molecule has 1 aromatic rings. The molecule has 0 amide bonds. The number of rotatable bonds is 4. The molecule has 38 heavy (non-hydrogen) atoms. The van der Waals surface area contributed by atoms with Crippen LogP contribution in [-0.4, -0.2) is 59.8 Å². The SMILES string of the molecule is CC(C)(C)OC(=O)c1cc(B2OC(C)(C)C(C)(C)O2)c(C(=O)OC(C)(C)C)cc1B1OC(C)(C)C(C)(C)O1. The third kappa shape index (κ3) is 6.14. The molecule has 2 aliphatic heterocycles. The maximum atomic E-state index is 13.6. The monoisotopic (exact) mass is 530 g/mol. The predicted octanol–water partition coefficient (Wildman–Crippen LogP) is 4.20. The van der Waals surface area contributed by atoms with E-state index < -0.39 is 59.8 Å². The van der Waals surface area contributed by atoms with Gasteiger partial charge in [-0.15, -0.1) is 0 Å². The third-order valence-corrected chi connectivity index (χ3v) is 7.47. The molecule has 0 bridgehead atoms. The van der Waals surface area contributed by atoms with Crippen LogP contribution in [0, 0.1) is 0 Å². The Bertz CT molecular complexity index is 989. The van der Waals surface area contributed by atoms with Crippen molar-refractivity contribution in [3.05, 3.63) is 23.3 Å². The van der Waals surface area contributed by atoms with Crippen molar-refractivity contribution in [1.29, 1.82) is 0 Å². The van der Waals surface area contributed by atoms with Gasteiger partial charge in [-0.1, -0.05) is 0 Å². The van der Waals surface area contributed by atoms with E-state index in [4.69, 9.17) is 28.1 Å². The summed E-state index contributed by atoms with van der Waals surface area (Å²) in [6.45, 7) is 26.2. The van der Waals surface area contributed by atoms with Gasteiger partial charge in [0.05, 0.1) is 33.5 Å². The van der Waals surface area contributed by atoms with E-state index in [0.29, 0.717) is 10.9 Å². The smallest absolute Gasteiger partial charge is 0.456 e. The topological polar surface area (TPSA) is 89.5 Å². The highest BCUT2D eigenvalue weighted by atomic mass is 16.7. The summed E-state index contributed by atoms with van der Waals surface area (Å²) in [5.41, 5.74) is -3.02. The summed E-state index contributed by atoms with van der Waals surface area (Å²) in [4.78, 5) is 27.1. The van der Waals surface area contributed by atoms with Crippen LogP contribution in [0.15, 0.2) is 12.1 Å². The molecule has 0 atom stereocenters. The van der Waals surface area contributed by atoms with Gasteiger partial charge < -0.3 is 28.1 Å². The summed E-state index contributed by atoms with van der Waals surface area (Å²) in [5, 5.41) is 0. The molecular weight excluding hydrogens is 486 g/mol. The average Bonchev–Trinajstić information content (AvgIpc) is 3.03. The molecule has 2 aliphatic rings. The second kappa shape index (κ2) is 9.36. The quantitative estimate of drug-likeness (QED) is 0.423. The van der Waals surface area contributed by atoms with Gasteiger partial charge in [-0.05, 0) is 120 Å². The summed E-state index contributed by atoms with van der Waals surface area (Å²) < 4.78 is 36.7. The molecule has 0 unspecified atom stereocenters. The van der Waals surface area contributed by atoms with Gasteiger partial charge in [0.25, 0.3) is 0 Å². The molecule has 0 aliphatic carbocycles. The van der Waals surface area contributed by atoms with Crippen LogP contribution in [0.1, 0.15) is 118 Å². The van der Waals surface area contributed by atoms with Crippen LogP contribution >= 0.6 is 0 Å². The molecule has 0 aromatic heterocycles. The summed E-state index contributed by atoms with van der Waals surface area (Å²) in [6.07, 6.45) is 0. The zero-order valence-corrected chi connectivity index (χ0v) is 25.6. The molecule has 2 fully saturated rings. The first-order chi connectivity index (χ1) is 16.9. The van der Waals surface area contributed by atoms with Crippen LogP contribution in [0.25, 0.3) is 0 Å². The molecule has 0 N–H and O–H groups in total. The van der Waals surface area contributed by atoms with E-state index >= 15 is 0 Å². The predicted molar refractivity (Wildman–Crippen MR) is 148 cm³/mol. The first kappa shape index (κ1) is 30.7. The van der Waals surface area contributed by atoms with Crippen LogP contribution in [0.3, 0.4) is 0 Å². The Balaban J connectivity index is 2.26. The van der Waals surface area contributed by atoms with Gasteiger partial charge in [0.2, 0.25) is 0 Å². The lowest BCUT2D eigenvalue weighted by Crippen LogP contribution is -2.46. The Morgan fingerprint density at radius 3 is 1.03 bits per heavy atom. The minimum atomic E-state index is -0.920. The molecule has 0 spiro atoms. The fourth-order valence-corrected chi connectivity index (χ4v) is 3.98. The van der Waals surface area contributed by atoms with Crippen molar-refractivity contribution in [2.75, 3.05) is 0 Å². The number of carbonyl (C=O) groups is 2. The number of hydrogen-bond acceptors (Lipinski definition) is 8. The molecule has 1 aromatic carbocycles. The minimum Gasteiger partial charge on any atom is -0.456 e. The van der Waals surface area contributed by atoms with Crippen LogP contribution in [0.2, 0.25) is 0 Å². The van der Waals surface area contributed by atoms with E-state index in [1.54, 1.807) is 53.7 Å². The molecule has 2 heterocycles. The second-order valence-corrected chi connectivity index (χ2v) is 14.2. The zero-order chi connectivity index (χ0) is 29.3. The molecule has 10 heteroatoms. The van der Waals surface area contributed by atoms with E-state index in [9.17, 15) is 9.59 Å². The zero-order valence-electron chi connectivity index (χ0n) is 25.6. The van der Waals surface area contributed by atoms with Crippen molar-refractivity contribution in [3.63, 3.8) is 0 Å². The normalized spacial score (nSPS) is 21.9. The van der Waals surface area contributed by atoms with E-state index in [2.05, 4.69) is 0 Å². The van der Waals surface area contributed by atoms with Gasteiger partial charge in [0, 0.05) is 0 Å². The average molecular weight is 530 g/mol. The van der Waals surface area contributed by atoms with Crippen LogP contribution in [0.5, 0.6) is 0 Å². The largest absolute Gasteiger partial charge is 0.495 e. The molecule has 0 radical (unpaired) electrons. The highest BCUT2D eigenvalue weighted by Crippen LogP contribution is 2.38. The van der Waals surface area contributed by atoms with Crippen LogP contribution in [-0.2, 0) is 28.1 Å². The highest BCUT2D eigenvalue weighted by Gasteiger charge is 2.55. The molecule has 0 saturated carbocycles. The number of esters is 2. The first-order valence-corrected chi connectivity index (χ1v) is 13.2. The van der Waals surface area contributed by atoms with Crippen molar-refractivity contribution < 1.29 is 37.7 Å². The fraction of sp³-hybridized carbons (Fsp3) is 0.714. The van der Waals surface area contributed by atoms with Crippen molar-refractivity contribution in [2.24, 2.45) is 0 Å². The second-order valence-electron chi connectivity index (χ2n) is 14.2. The van der Waals surface area contributed by atoms with E-state index in [0.717, 1.165) is 0 Å². The lowest BCUT2D eigenvalue weighted by Gasteiger charge is -2.32. The number of carbonyl (C=O) groups excluding carboxylic acids is 2. The maximum absolute atomic E-state index is 13.6. The van der Waals surface area contributed by atoms with Gasteiger partial charge in [0.15, 0.2) is 0 Å². The molecule has 8 nitrogen and oxygen atoms in total. The van der Waals surface area contributed by atoms with Gasteiger partial charge in [-0.2, -0.15) is 0 Å². The molecular formula is C28H44B2O8. The Hall–Kier alpha value is -1.87. The lowest BCUT2D eigenvalue weighted by molar-refractivity contribution is 0.00536. The van der Waals surface area contributed by atoms with Crippen LogP contribution < -0.4 is 10.9 Å². The molecule has 3 rings (SSSR count). The Kier molecular flexibility index (Phi) is 7.55. The summed E-state index contributed by atoms with van der Waals surface area (Å²) in [5.74, 6) is -1.15. The maximum Gasteiger partial charge on any atom is 0.495 e. The number of benzene rings is 1. The molecule has 210 valence electrons. The van der Waals surface area contributed by atoms with Crippen molar-refractivity contribution in [2.45, 2.75) is 131 Å². The van der Waals surface area contributed by atoms with Gasteiger partial charge in [-0.25, -0.2) is 9.59 Å². The minimum absolute atomic E-state index is 0.204. The summed E-state index contributed by atoms with van der Waals surface area (Å²) in [6, 6.07) is 3.19. The van der Waals surface area contributed by atoms with Gasteiger partial charge >= 0.3 is 26.2 Å². The lowest BCUT2D eigenvalue weighted by atomic mass is 9.68. The number of ether oxygens (including phenoxy) is 2. The Morgan fingerprint density at radius 1 is 0.579 bits per heavy atom. The standard InChI is InChI=1S/C28H44B2O8/c1-23(2,3)33-21(31)17-15-20(30-37-27(11,12)28(13,14)38-30)18(22(32)34-24(4,5)6)16-19(17)29-35-25(7,8)26(9,10)36-29/h15-16H,1-14H3. The first-order valence-electron chi connectivity index (χ1n) is 13.2. The van der Waals surface area contributed by atoms with Gasteiger partial charge in [0.1, 0.15) is 11.2 Å². The summed E-state index contributed by atoms with van der Waals surface area (Å²) >= 11 is 0. The Labute approximate surface area is 228 Å². The van der Waals surface area contributed by atoms with Crippen molar-refractivity contribution in [3.8, 4) is 0 Å². The van der Waals surface area contributed by atoms with Crippen molar-refractivity contribution >= 4 is 37.1 Å². The molecule has 2 saturated heterocycles. The highest BCUT2D eigenvalue weighted by molar-refractivity contribution is 6.66. The van der Waals surface area contributed by atoms with E-state index in [1.807, 2.05) is 55.4 Å².